The van der Waals surface area contributed by atoms with E-state index in [2.05, 4.69) is 15.9 Å². The summed E-state index contributed by atoms with van der Waals surface area (Å²) in [5.41, 5.74) is 1.94. The van der Waals surface area contributed by atoms with E-state index in [-0.39, 0.29) is 17.6 Å². The third-order valence-electron chi connectivity index (χ3n) is 2.76. The van der Waals surface area contributed by atoms with Crippen molar-refractivity contribution in [1.29, 1.82) is 0 Å². The molecule has 0 spiro atoms. The minimum Gasteiger partial charge on any atom is -0.337 e. The lowest BCUT2D eigenvalue weighted by Gasteiger charge is -2.29. The van der Waals surface area contributed by atoms with E-state index in [1.54, 1.807) is 11.0 Å². The van der Waals surface area contributed by atoms with Crippen LogP contribution in [0.1, 0.15) is 11.1 Å². The van der Waals surface area contributed by atoms with Gasteiger partial charge in [0.2, 0.25) is 5.91 Å². The number of fused-ring (bicyclic) bond motifs is 1. The molecule has 2 rings (SSSR count). The van der Waals surface area contributed by atoms with Crippen LogP contribution >= 0.6 is 27.5 Å². The summed E-state index contributed by atoms with van der Waals surface area (Å²) in [5.74, 6) is -0.426. The minimum absolute atomic E-state index is 0.0255. The monoisotopic (exact) mass is 305 g/mol. The predicted molar refractivity (Wildman–Crippen MR) is 63.9 cm³/mol. The molecule has 2 nitrogen and oxygen atoms in total. The Labute approximate surface area is 107 Å². The molecule has 1 aromatic carbocycles. The molecule has 1 aliphatic rings. The van der Waals surface area contributed by atoms with Crippen LogP contribution < -0.4 is 0 Å². The number of hydrogen-bond donors (Lipinski definition) is 0. The quantitative estimate of drug-likeness (QED) is 0.731. The highest BCUT2D eigenvalue weighted by Gasteiger charge is 2.22. The molecule has 16 heavy (non-hydrogen) atoms. The van der Waals surface area contributed by atoms with Gasteiger partial charge in [0.25, 0.3) is 0 Å². The second-order valence-electron chi connectivity index (χ2n) is 3.70. The highest BCUT2D eigenvalue weighted by atomic mass is 79.9. The van der Waals surface area contributed by atoms with Gasteiger partial charge in [-0.2, -0.15) is 0 Å². The van der Waals surface area contributed by atoms with Crippen molar-refractivity contribution < 1.29 is 9.18 Å². The van der Waals surface area contributed by atoms with Crippen LogP contribution in [0.2, 0.25) is 0 Å². The topological polar surface area (TPSA) is 20.3 Å². The lowest BCUT2D eigenvalue weighted by atomic mass is 10.00. The van der Waals surface area contributed by atoms with Gasteiger partial charge in [0.15, 0.2) is 0 Å². The van der Waals surface area contributed by atoms with E-state index in [9.17, 15) is 9.18 Å². The van der Waals surface area contributed by atoms with Gasteiger partial charge in [0, 0.05) is 13.1 Å². The van der Waals surface area contributed by atoms with Crippen LogP contribution in [-0.2, 0) is 17.8 Å². The number of nitrogens with zero attached hydrogens (tertiary/aromatic N) is 1. The molecule has 0 radical (unpaired) electrons. The fourth-order valence-corrected chi connectivity index (χ4v) is 2.54. The average Bonchev–Trinajstić information content (AvgIpc) is 2.32. The molecule has 0 bridgehead atoms. The standard InChI is InChI=1S/C11H10BrClFNO/c12-11-8-6-15(10(16)5-13)4-3-7(8)1-2-9(11)14/h1-2H,3-6H2. The maximum Gasteiger partial charge on any atom is 0.237 e. The molecular formula is C11H10BrClFNO. The van der Waals surface area contributed by atoms with Crippen molar-refractivity contribution >= 4 is 33.4 Å². The normalized spacial score (nSPS) is 14.8. The lowest BCUT2D eigenvalue weighted by molar-refractivity contribution is -0.129. The van der Waals surface area contributed by atoms with Crippen molar-refractivity contribution in [2.75, 3.05) is 12.4 Å². The molecule has 0 fully saturated rings. The van der Waals surface area contributed by atoms with Gasteiger partial charge in [-0.05, 0) is 39.5 Å². The smallest absolute Gasteiger partial charge is 0.237 e. The largest absolute Gasteiger partial charge is 0.337 e. The van der Waals surface area contributed by atoms with Crippen LogP contribution in [0.25, 0.3) is 0 Å². The van der Waals surface area contributed by atoms with Gasteiger partial charge < -0.3 is 4.90 Å². The summed E-state index contributed by atoms with van der Waals surface area (Å²) in [4.78, 5) is 13.1. The number of amides is 1. The summed E-state index contributed by atoms with van der Waals surface area (Å²) < 4.78 is 13.8. The number of carbonyl (C=O) groups excluding carboxylic acids is 1. The number of carbonyl (C=O) groups is 1. The molecule has 1 heterocycles. The first kappa shape index (κ1) is 11.9. The Morgan fingerprint density at radius 1 is 1.56 bits per heavy atom. The summed E-state index contributed by atoms with van der Waals surface area (Å²) >= 11 is 8.72. The third-order valence-corrected chi connectivity index (χ3v) is 3.85. The van der Waals surface area contributed by atoms with Gasteiger partial charge in [-0.1, -0.05) is 6.07 Å². The van der Waals surface area contributed by atoms with E-state index in [0.717, 1.165) is 17.5 Å². The average molecular weight is 307 g/mol. The Balaban J connectivity index is 2.32. The summed E-state index contributed by atoms with van der Waals surface area (Å²) in [6, 6.07) is 3.22. The Morgan fingerprint density at radius 2 is 2.31 bits per heavy atom. The molecule has 0 aliphatic carbocycles. The van der Waals surface area contributed by atoms with Crippen LogP contribution in [0.4, 0.5) is 4.39 Å². The van der Waals surface area contributed by atoms with Gasteiger partial charge >= 0.3 is 0 Å². The van der Waals surface area contributed by atoms with E-state index < -0.39 is 0 Å². The minimum atomic E-state index is -0.293. The van der Waals surface area contributed by atoms with Gasteiger partial charge in [-0.3, -0.25) is 4.79 Å². The van der Waals surface area contributed by atoms with Crippen LogP contribution in [-0.4, -0.2) is 23.2 Å². The van der Waals surface area contributed by atoms with Gasteiger partial charge in [0.05, 0.1) is 4.47 Å². The van der Waals surface area contributed by atoms with Crippen molar-refractivity contribution in [1.82, 2.24) is 4.90 Å². The lowest BCUT2D eigenvalue weighted by Crippen LogP contribution is -2.36. The molecule has 0 saturated heterocycles. The molecule has 0 atom stereocenters. The Bertz CT molecular complexity index is 438. The van der Waals surface area contributed by atoms with Gasteiger partial charge in [0.1, 0.15) is 11.7 Å². The van der Waals surface area contributed by atoms with E-state index in [0.29, 0.717) is 17.6 Å². The molecule has 0 saturated carbocycles. The zero-order chi connectivity index (χ0) is 11.7. The zero-order valence-corrected chi connectivity index (χ0v) is 10.8. The number of hydrogen-bond acceptors (Lipinski definition) is 1. The second kappa shape index (κ2) is 4.72. The number of benzene rings is 1. The molecule has 0 unspecified atom stereocenters. The molecule has 5 heteroatoms. The predicted octanol–water partition coefficient (Wildman–Crippen LogP) is 2.71. The second-order valence-corrected chi connectivity index (χ2v) is 4.76. The van der Waals surface area contributed by atoms with E-state index >= 15 is 0 Å². The Hall–Kier alpha value is -0.610. The van der Waals surface area contributed by atoms with Gasteiger partial charge in [-0.15, -0.1) is 11.6 Å². The van der Waals surface area contributed by atoms with E-state index in [4.69, 9.17) is 11.6 Å². The zero-order valence-electron chi connectivity index (χ0n) is 8.47. The molecule has 86 valence electrons. The Kier molecular flexibility index (Phi) is 3.50. The highest BCUT2D eigenvalue weighted by molar-refractivity contribution is 9.10. The SMILES string of the molecule is O=C(CCl)N1CCc2ccc(F)c(Br)c2C1. The van der Waals surface area contributed by atoms with Crippen molar-refractivity contribution in [3.63, 3.8) is 0 Å². The first-order valence-electron chi connectivity index (χ1n) is 4.93. The molecule has 0 aromatic heterocycles. The first-order chi connectivity index (χ1) is 7.63. The van der Waals surface area contributed by atoms with Crippen LogP contribution in [0.15, 0.2) is 16.6 Å². The summed E-state index contributed by atoms with van der Waals surface area (Å²) in [7, 11) is 0. The maximum atomic E-state index is 13.3. The molecule has 1 aromatic rings. The third kappa shape index (κ3) is 2.09. The summed E-state index contributed by atoms with van der Waals surface area (Å²) in [5, 5.41) is 0. The molecule has 0 N–H and O–H groups in total. The fraction of sp³-hybridized carbons (Fsp3) is 0.364. The van der Waals surface area contributed by atoms with Crippen LogP contribution in [0, 0.1) is 5.82 Å². The summed E-state index contributed by atoms with van der Waals surface area (Å²) in [6.07, 6.45) is 0.747. The molecular weight excluding hydrogens is 296 g/mol. The van der Waals surface area contributed by atoms with Crippen molar-refractivity contribution in [3.05, 3.63) is 33.5 Å². The van der Waals surface area contributed by atoms with Crippen molar-refractivity contribution in [3.8, 4) is 0 Å². The number of rotatable bonds is 1. The Morgan fingerprint density at radius 3 is 3.00 bits per heavy atom. The fourth-order valence-electron chi connectivity index (χ4n) is 1.86. The van der Waals surface area contributed by atoms with Gasteiger partial charge in [-0.25, -0.2) is 4.39 Å². The van der Waals surface area contributed by atoms with E-state index in [1.807, 2.05) is 0 Å². The van der Waals surface area contributed by atoms with Crippen molar-refractivity contribution in [2.45, 2.75) is 13.0 Å². The number of halogens is 3. The highest BCUT2D eigenvalue weighted by Crippen LogP contribution is 2.29. The van der Waals surface area contributed by atoms with Crippen LogP contribution in [0.3, 0.4) is 0 Å². The van der Waals surface area contributed by atoms with Crippen molar-refractivity contribution in [2.24, 2.45) is 0 Å². The number of alkyl halides is 1. The first-order valence-corrected chi connectivity index (χ1v) is 6.25. The summed E-state index contributed by atoms with van der Waals surface area (Å²) in [6.45, 7) is 1.08. The maximum absolute atomic E-state index is 13.3. The van der Waals surface area contributed by atoms with Crippen LogP contribution in [0.5, 0.6) is 0 Å². The van der Waals surface area contributed by atoms with E-state index in [1.165, 1.54) is 6.07 Å². The molecule has 1 aliphatic heterocycles. The molecule has 1 amide bonds.